The Balaban J connectivity index is 2.63. The van der Waals surface area contributed by atoms with Crippen molar-refractivity contribution in [3.63, 3.8) is 0 Å². The van der Waals surface area contributed by atoms with Gasteiger partial charge in [0.1, 0.15) is 12.3 Å². The predicted octanol–water partition coefficient (Wildman–Crippen LogP) is 1.23. The number of ether oxygens (including phenoxy) is 3. The average molecular weight is 276 g/mol. The predicted molar refractivity (Wildman–Crippen MR) is 71.3 cm³/mol. The molecular formula is C14H16N2O4. The van der Waals surface area contributed by atoms with E-state index in [2.05, 4.69) is 0 Å². The monoisotopic (exact) mass is 276 g/mol. The van der Waals surface area contributed by atoms with Crippen LogP contribution in [-0.4, -0.2) is 45.2 Å². The molecule has 1 aromatic carbocycles. The van der Waals surface area contributed by atoms with E-state index in [0.29, 0.717) is 35.8 Å². The van der Waals surface area contributed by atoms with E-state index in [1.165, 1.54) is 19.1 Å². The van der Waals surface area contributed by atoms with Crippen molar-refractivity contribution in [2.75, 3.05) is 34.4 Å². The third kappa shape index (κ3) is 2.11. The molecule has 1 aliphatic heterocycles. The molecule has 0 atom stereocenters. The SMILES string of the molecule is COc1cc(OC)c(OC)c2c1CCN(CC#N)C2=O. The second-order valence-corrected chi connectivity index (χ2v) is 4.30. The fourth-order valence-electron chi connectivity index (χ4n) is 2.41. The maximum absolute atomic E-state index is 12.5. The van der Waals surface area contributed by atoms with Crippen molar-refractivity contribution < 1.29 is 19.0 Å². The molecule has 0 spiro atoms. The molecule has 0 bridgehead atoms. The van der Waals surface area contributed by atoms with Crippen molar-refractivity contribution in [1.82, 2.24) is 4.90 Å². The highest BCUT2D eigenvalue weighted by molar-refractivity contribution is 6.01. The number of nitriles is 1. The normalized spacial score (nSPS) is 13.5. The summed E-state index contributed by atoms with van der Waals surface area (Å²) in [5.41, 5.74) is 1.22. The van der Waals surface area contributed by atoms with Gasteiger partial charge in [-0.2, -0.15) is 5.26 Å². The quantitative estimate of drug-likeness (QED) is 0.773. The van der Waals surface area contributed by atoms with Crippen LogP contribution in [0.4, 0.5) is 0 Å². The fourth-order valence-corrected chi connectivity index (χ4v) is 2.41. The first-order valence-corrected chi connectivity index (χ1v) is 6.16. The molecule has 1 amide bonds. The zero-order valence-corrected chi connectivity index (χ0v) is 11.7. The number of carbonyl (C=O) groups is 1. The van der Waals surface area contributed by atoms with Crippen molar-refractivity contribution >= 4 is 5.91 Å². The Kier molecular flexibility index (Phi) is 3.99. The number of fused-ring (bicyclic) bond motifs is 1. The zero-order chi connectivity index (χ0) is 14.7. The van der Waals surface area contributed by atoms with Gasteiger partial charge in [0.2, 0.25) is 0 Å². The largest absolute Gasteiger partial charge is 0.496 e. The molecule has 2 rings (SSSR count). The van der Waals surface area contributed by atoms with Gasteiger partial charge in [-0.15, -0.1) is 0 Å². The minimum Gasteiger partial charge on any atom is -0.496 e. The lowest BCUT2D eigenvalue weighted by Crippen LogP contribution is -2.38. The number of rotatable bonds is 4. The van der Waals surface area contributed by atoms with Gasteiger partial charge in [0, 0.05) is 18.2 Å². The molecular weight excluding hydrogens is 260 g/mol. The number of hydrogen-bond donors (Lipinski definition) is 0. The van der Waals surface area contributed by atoms with Crippen LogP contribution < -0.4 is 14.2 Å². The summed E-state index contributed by atoms with van der Waals surface area (Å²) in [4.78, 5) is 14.0. The van der Waals surface area contributed by atoms with E-state index >= 15 is 0 Å². The number of methoxy groups -OCH3 is 3. The van der Waals surface area contributed by atoms with Crippen molar-refractivity contribution in [1.29, 1.82) is 5.26 Å². The first-order valence-electron chi connectivity index (χ1n) is 6.16. The lowest BCUT2D eigenvalue weighted by atomic mass is 9.96. The molecule has 106 valence electrons. The molecule has 0 fully saturated rings. The molecule has 6 nitrogen and oxygen atoms in total. The Bertz CT molecular complexity index is 555. The minimum absolute atomic E-state index is 0.0565. The number of amides is 1. The Hall–Kier alpha value is -2.42. The highest BCUT2D eigenvalue weighted by Gasteiger charge is 2.32. The van der Waals surface area contributed by atoms with Gasteiger partial charge in [-0.25, -0.2) is 0 Å². The molecule has 0 aromatic heterocycles. The molecule has 6 heteroatoms. The van der Waals surface area contributed by atoms with Gasteiger partial charge >= 0.3 is 0 Å². The summed E-state index contributed by atoms with van der Waals surface area (Å²) in [5, 5.41) is 8.79. The van der Waals surface area contributed by atoms with Crippen LogP contribution in [0.3, 0.4) is 0 Å². The van der Waals surface area contributed by atoms with Gasteiger partial charge in [0.15, 0.2) is 11.5 Å². The highest BCUT2D eigenvalue weighted by Crippen LogP contribution is 2.41. The Labute approximate surface area is 117 Å². The molecule has 0 unspecified atom stereocenters. The number of hydrogen-bond acceptors (Lipinski definition) is 5. The first-order chi connectivity index (χ1) is 9.67. The molecule has 1 heterocycles. The van der Waals surface area contributed by atoms with E-state index in [9.17, 15) is 4.79 Å². The fraction of sp³-hybridized carbons (Fsp3) is 0.429. The van der Waals surface area contributed by atoms with E-state index in [-0.39, 0.29) is 12.5 Å². The Morgan fingerprint density at radius 2 is 1.95 bits per heavy atom. The second kappa shape index (κ2) is 5.70. The number of nitrogens with zero attached hydrogens (tertiary/aromatic N) is 2. The molecule has 0 aliphatic carbocycles. The average Bonchev–Trinajstić information content (AvgIpc) is 2.48. The molecule has 0 saturated carbocycles. The number of benzene rings is 1. The van der Waals surface area contributed by atoms with E-state index < -0.39 is 0 Å². The summed E-state index contributed by atoms with van der Waals surface area (Å²) in [6, 6.07) is 3.71. The molecule has 1 aliphatic rings. The molecule has 20 heavy (non-hydrogen) atoms. The highest BCUT2D eigenvalue weighted by atomic mass is 16.5. The van der Waals surface area contributed by atoms with E-state index in [0.717, 1.165) is 5.56 Å². The van der Waals surface area contributed by atoms with Crippen LogP contribution in [0.25, 0.3) is 0 Å². The van der Waals surface area contributed by atoms with Crippen LogP contribution in [0.1, 0.15) is 15.9 Å². The van der Waals surface area contributed by atoms with Crippen LogP contribution in [0.15, 0.2) is 6.07 Å². The van der Waals surface area contributed by atoms with Crippen molar-refractivity contribution in [3.05, 3.63) is 17.2 Å². The van der Waals surface area contributed by atoms with Crippen LogP contribution in [0.2, 0.25) is 0 Å². The summed E-state index contributed by atoms with van der Waals surface area (Å²) in [6.45, 7) is 0.548. The molecule has 1 aromatic rings. The molecule has 0 saturated heterocycles. The van der Waals surface area contributed by atoms with Crippen molar-refractivity contribution in [3.8, 4) is 23.3 Å². The third-order valence-electron chi connectivity index (χ3n) is 3.35. The maximum Gasteiger partial charge on any atom is 0.259 e. The van der Waals surface area contributed by atoms with Gasteiger partial charge in [-0.1, -0.05) is 0 Å². The molecule has 0 radical (unpaired) electrons. The minimum atomic E-state index is -0.234. The number of carbonyl (C=O) groups excluding carboxylic acids is 1. The smallest absolute Gasteiger partial charge is 0.259 e. The van der Waals surface area contributed by atoms with Gasteiger partial charge in [0.05, 0.1) is 33.0 Å². The van der Waals surface area contributed by atoms with Crippen LogP contribution >= 0.6 is 0 Å². The van der Waals surface area contributed by atoms with Crippen molar-refractivity contribution in [2.45, 2.75) is 6.42 Å². The summed E-state index contributed by atoms with van der Waals surface area (Å²) >= 11 is 0. The molecule has 0 N–H and O–H groups in total. The van der Waals surface area contributed by atoms with Crippen LogP contribution in [-0.2, 0) is 6.42 Å². The second-order valence-electron chi connectivity index (χ2n) is 4.30. The summed E-state index contributed by atoms with van der Waals surface area (Å²) in [5.74, 6) is 1.19. The zero-order valence-electron chi connectivity index (χ0n) is 11.7. The first kappa shape index (κ1) is 14.0. The van der Waals surface area contributed by atoms with Crippen LogP contribution in [0.5, 0.6) is 17.2 Å². The van der Waals surface area contributed by atoms with E-state index in [1.807, 2.05) is 6.07 Å². The lowest BCUT2D eigenvalue weighted by Gasteiger charge is -2.29. The summed E-state index contributed by atoms with van der Waals surface area (Å²) in [6.07, 6.45) is 0.617. The van der Waals surface area contributed by atoms with Crippen LogP contribution in [0, 0.1) is 11.3 Å². The third-order valence-corrected chi connectivity index (χ3v) is 3.35. The standard InChI is InChI=1S/C14H16N2O4/c1-18-10-8-11(19-2)13(20-3)12-9(10)4-6-16(7-5-15)14(12)17/h8H,4,6-7H2,1-3H3. The van der Waals surface area contributed by atoms with Gasteiger partial charge < -0.3 is 19.1 Å². The Morgan fingerprint density at radius 3 is 2.50 bits per heavy atom. The van der Waals surface area contributed by atoms with Gasteiger partial charge in [-0.3, -0.25) is 4.79 Å². The van der Waals surface area contributed by atoms with E-state index in [1.54, 1.807) is 13.2 Å². The summed E-state index contributed by atoms with van der Waals surface area (Å²) < 4.78 is 15.9. The maximum atomic E-state index is 12.5. The van der Waals surface area contributed by atoms with Crippen molar-refractivity contribution in [2.24, 2.45) is 0 Å². The van der Waals surface area contributed by atoms with E-state index in [4.69, 9.17) is 19.5 Å². The lowest BCUT2D eigenvalue weighted by molar-refractivity contribution is 0.0755. The summed E-state index contributed by atoms with van der Waals surface area (Å²) in [7, 11) is 4.54. The van der Waals surface area contributed by atoms with Gasteiger partial charge in [-0.05, 0) is 6.42 Å². The Morgan fingerprint density at radius 1 is 1.25 bits per heavy atom. The topological polar surface area (TPSA) is 71.8 Å². The van der Waals surface area contributed by atoms with Gasteiger partial charge in [0.25, 0.3) is 5.91 Å².